The van der Waals surface area contributed by atoms with Gasteiger partial charge in [0.25, 0.3) is 5.91 Å². The van der Waals surface area contributed by atoms with E-state index in [4.69, 9.17) is 14.2 Å². The molecule has 0 aliphatic heterocycles. The summed E-state index contributed by atoms with van der Waals surface area (Å²) in [5.74, 6) is 0.429. The van der Waals surface area contributed by atoms with Crippen molar-refractivity contribution in [2.45, 2.75) is 13.8 Å². The summed E-state index contributed by atoms with van der Waals surface area (Å²) >= 11 is 5.57. The molecule has 176 valence electrons. The summed E-state index contributed by atoms with van der Waals surface area (Å²) in [5.41, 5.74) is 5.43. The van der Waals surface area contributed by atoms with Crippen molar-refractivity contribution in [3.05, 3.63) is 84.9 Å². The van der Waals surface area contributed by atoms with Crippen molar-refractivity contribution in [3.63, 3.8) is 0 Å². The van der Waals surface area contributed by atoms with Gasteiger partial charge < -0.3 is 14.2 Å². The molecule has 0 saturated heterocycles. The Balaban J connectivity index is 1.58. The maximum atomic E-state index is 12.4. The third-order valence-corrected chi connectivity index (χ3v) is 5.80. The number of halogens is 2. The van der Waals surface area contributed by atoms with Crippen molar-refractivity contribution in [1.29, 1.82) is 0 Å². The molecule has 0 unspecified atom stereocenters. The van der Waals surface area contributed by atoms with E-state index >= 15 is 0 Å². The van der Waals surface area contributed by atoms with Gasteiger partial charge in [-0.05, 0) is 108 Å². The second kappa shape index (κ2) is 12.0. The highest BCUT2D eigenvalue weighted by Crippen LogP contribution is 2.29. The molecule has 7 nitrogen and oxygen atoms in total. The molecule has 0 fully saturated rings. The van der Waals surface area contributed by atoms with Crippen LogP contribution in [0.5, 0.6) is 17.2 Å². The molecule has 0 spiro atoms. The van der Waals surface area contributed by atoms with Gasteiger partial charge in [-0.3, -0.25) is 4.79 Å². The Hall–Kier alpha value is -2.92. The molecule has 1 N–H and O–H groups in total. The van der Waals surface area contributed by atoms with E-state index in [2.05, 4.69) is 49.0 Å². The van der Waals surface area contributed by atoms with Crippen LogP contribution in [0.15, 0.2) is 64.2 Å². The number of rotatable bonds is 8. The highest BCUT2D eigenvalue weighted by molar-refractivity contribution is 14.1. The number of hydrogen-bond donors (Lipinski definition) is 1. The molecule has 0 aliphatic carbocycles. The number of ether oxygens (including phenoxy) is 3. The second-order valence-electron chi connectivity index (χ2n) is 7.26. The molecule has 9 heteroatoms. The molecule has 3 aromatic rings. The molecule has 3 aromatic carbocycles. The maximum Gasteiger partial charge on any atom is 0.343 e. The van der Waals surface area contributed by atoms with Crippen LogP contribution in [-0.2, 0) is 4.79 Å². The van der Waals surface area contributed by atoms with Gasteiger partial charge in [-0.25, -0.2) is 10.2 Å². The van der Waals surface area contributed by atoms with Crippen LogP contribution >= 0.6 is 38.5 Å². The van der Waals surface area contributed by atoms with Crippen LogP contribution in [0.4, 0.5) is 0 Å². The van der Waals surface area contributed by atoms with E-state index in [0.29, 0.717) is 22.6 Å². The third kappa shape index (κ3) is 7.04. The minimum atomic E-state index is -0.502. The summed E-state index contributed by atoms with van der Waals surface area (Å²) in [6, 6.07) is 15.8. The lowest BCUT2D eigenvalue weighted by atomic mass is 10.1. The molecule has 0 heterocycles. The zero-order chi connectivity index (χ0) is 24.7. The zero-order valence-electron chi connectivity index (χ0n) is 18.7. The van der Waals surface area contributed by atoms with Gasteiger partial charge in [-0.1, -0.05) is 15.9 Å². The number of methoxy groups -OCH3 is 1. The van der Waals surface area contributed by atoms with E-state index in [0.717, 1.165) is 19.2 Å². The SMILES string of the molecule is COc1cc(C=NNC(=O)COc2c(C)cc(I)cc2C)ccc1OC(=O)c1ccc(Br)cc1. The molecule has 0 bridgehead atoms. The van der Waals surface area contributed by atoms with Gasteiger partial charge in [0.15, 0.2) is 18.1 Å². The van der Waals surface area contributed by atoms with Crippen molar-refractivity contribution >= 4 is 56.6 Å². The number of amides is 1. The van der Waals surface area contributed by atoms with Crippen molar-refractivity contribution in [1.82, 2.24) is 5.43 Å². The molecular weight excluding hydrogens is 615 g/mol. The smallest absolute Gasteiger partial charge is 0.343 e. The number of carbonyl (C=O) groups excluding carboxylic acids is 2. The van der Waals surface area contributed by atoms with Crippen LogP contribution in [0.25, 0.3) is 0 Å². The van der Waals surface area contributed by atoms with Gasteiger partial charge in [0.2, 0.25) is 0 Å². The lowest BCUT2D eigenvalue weighted by Gasteiger charge is -2.12. The third-order valence-electron chi connectivity index (χ3n) is 4.65. The van der Waals surface area contributed by atoms with Crippen LogP contribution < -0.4 is 19.6 Å². The second-order valence-corrected chi connectivity index (χ2v) is 9.42. The lowest BCUT2D eigenvalue weighted by Crippen LogP contribution is -2.25. The number of nitrogens with one attached hydrogen (secondary N) is 1. The van der Waals surface area contributed by atoms with Crippen LogP contribution in [0.1, 0.15) is 27.0 Å². The normalized spacial score (nSPS) is 10.7. The predicted molar refractivity (Wildman–Crippen MR) is 142 cm³/mol. The Morgan fingerprint density at radius 1 is 1.03 bits per heavy atom. The monoisotopic (exact) mass is 636 g/mol. The number of carbonyl (C=O) groups is 2. The van der Waals surface area contributed by atoms with Gasteiger partial charge in [0.1, 0.15) is 5.75 Å². The van der Waals surface area contributed by atoms with E-state index in [1.165, 1.54) is 13.3 Å². The first kappa shape index (κ1) is 25.7. The highest BCUT2D eigenvalue weighted by Gasteiger charge is 2.13. The number of aryl methyl sites for hydroxylation is 2. The quantitative estimate of drug-likeness (QED) is 0.117. The number of benzene rings is 3. The standard InChI is InChI=1S/C25H22BrIN2O5/c1-15-10-20(27)11-16(2)24(15)33-14-23(30)29-28-13-17-4-9-21(22(12-17)32-3)34-25(31)18-5-7-19(26)8-6-18/h4-13H,14H2,1-3H3,(H,29,30). The molecule has 0 radical (unpaired) electrons. The van der Waals surface area contributed by atoms with Gasteiger partial charge in [0, 0.05) is 8.04 Å². The fourth-order valence-corrected chi connectivity index (χ4v) is 4.27. The summed E-state index contributed by atoms with van der Waals surface area (Å²) in [4.78, 5) is 24.5. The molecule has 0 saturated carbocycles. The highest BCUT2D eigenvalue weighted by atomic mass is 127. The first-order chi connectivity index (χ1) is 16.3. The van der Waals surface area contributed by atoms with Gasteiger partial charge in [-0.15, -0.1) is 0 Å². The Kier molecular flexibility index (Phi) is 9.05. The van der Waals surface area contributed by atoms with Gasteiger partial charge >= 0.3 is 5.97 Å². The maximum absolute atomic E-state index is 12.4. The van der Waals surface area contributed by atoms with Crippen molar-refractivity contribution in [2.75, 3.05) is 13.7 Å². The summed E-state index contributed by atoms with van der Waals surface area (Å²) in [5, 5.41) is 3.96. The molecule has 3 rings (SSSR count). The Labute approximate surface area is 219 Å². The van der Waals surface area contributed by atoms with Crippen molar-refractivity contribution in [2.24, 2.45) is 5.10 Å². The zero-order valence-corrected chi connectivity index (χ0v) is 22.5. The summed E-state index contributed by atoms with van der Waals surface area (Å²) in [6.45, 7) is 3.72. The number of nitrogens with zero attached hydrogens (tertiary/aromatic N) is 1. The van der Waals surface area contributed by atoms with E-state index in [1.807, 2.05) is 26.0 Å². The van der Waals surface area contributed by atoms with Crippen LogP contribution in [0, 0.1) is 17.4 Å². The first-order valence-corrected chi connectivity index (χ1v) is 12.0. The topological polar surface area (TPSA) is 86.2 Å². The van der Waals surface area contributed by atoms with E-state index in [1.54, 1.807) is 42.5 Å². The van der Waals surface area contributed by atoms with Crippen LogP contribution in [-0.4, -0.2) is 31.8 Å². The first-order valence-electron chi connectivity index (χ1n) is 10.1. The van der Waals surface area contributed by atoms with Gasteiger partial charge in [-0.2, -0.15) is 5.10 Å². The van der Waals surface area contributed by atoms with E-state index in [-0.39, 0.29) is 18.3 Å². The molecule has 1 amide bonds. The Bertz CT molecular complexity index is 1210. The minimum Gasteiger partial charge on any atom is -0.493 e. The van der Waals surface area contributed by atoms with Crippen LogP contribution in [0.3, 0.4) is 0 Å². The molecule has 0 aromatic heterocycles. The fraction of sp³-hybridized carbons (Fsp3) is 0.160. The minimum absolute atomic E-state index is 0.159. The molecule has 0 aliphatic rings. The molecule has 34 heavy (non-hydrogen) atoms. The van der Waals surface area contributed by atoms with Crippen molar-refractivity contribution < 1.29 is 23.8 Å². The van der Waals surface area contributed by atoms with Crippen molar-refractivity contribution in [3.8, 4) is 17.2 Å². The fourth-order valence-electron chi connectivity index (χ4n) is 3.07. The summed E-state index contributed by atoms with van der Waals surface area (Å²) in [7, 11) is 1.47. The number of esters is 1. The summed E-state index contributed by atoms with van der Waals surface area (Å²) in [6.07, 6.45) is 1.46. The number of hydrazone groups is 1. The average Bonchev–Trinajstić information content (AvgIpc) is 2.79. The number of hydrogen-bond acceptors (Lipinski definition) is 6. The van der Waals surface area contributed by atoms with Gasteiger partial charge in [0.05, 0.1) is 18.9 Å². The predicted octanol–water partition coefficient (Wildman–Crippen LogP) is 5.43. The Morgan fingerprint density at radius 3 is 2.35 bits per heavy atom. The largest absolute Gasteiger partial charge is 0.493 e. The lowest BCUT2D eigenvalue weighted by molar-refractivity contribution is -0.123. The van der Waals surface area contributed by atoms with E-state index in [9.17, 15) is 9.59 Å². The van der Waals surface area contributed by atoms with E-state index < -0.39 is 5.97 Å². The van der Waals surface area contributed by atoms with Crippen LogP contribution in [0.2, 0.25) is 0 Å². The molecule has 0 atom stereocenters. The molecular formula is C25H22BrIN2O5. The Morgan fingerprint density at radius 2 is 1.71 bits per heavy atom. The average molecular weight is 637 g/mol. The summed E-state index contributed by atoms with van der Waals surface area (Å²) < 4.78 is 18.4.